The van der Waals surface area contributed by atoms with Crippen molar-refractivity contribution in [2.75, 3.05) is 0 Å². The minimum absolute atomic E-state index is 0.0300. The summed E-state index contributed by atoms with van der Waals surface area (Å²) < 4.78 is 8.25. The molecule has 0 aromatic heterocycles. The summed E-state index contributed by atoms with van der Waals surface area (Å²) in [5.41, 5.74) is 0. The van der Waals surface area contributed by atoms with Gasteiger partial charge in [0.25, 0.3) is 0 Å². The topological polar surface area (TPSA) is 57.5 Å². The zero-order chi connectivity index (χ0) is 63.4. The molecule has 0 spiro atoms. The summed E-state index contributed by atoms with van der Waals surface area (Å²) in [6, 6.07) is 0. The summed E-state index contributed by atoms with van der Waals surface area (Å²) in [5.74, 6) is 0. The predicted molar refractivity (Wildman–Crippen MR) is 385 cm³/mol. The first-order valence-corrected chi connectivity index (χ1v) is 40.7. The van der Waals surface area contributed by atoms with Crippen LogP contribution in [-0.4, -0.2) is 22.4 Å². The predicted octanol–water partition coefficient (Wildman–Crippen LogP) is 30.0. The fraction of sp³-hybridized carbons (Fsp3) is 0.975. The van der Waals surface area contributed by atoms with Crippen LogP contribution in [0.2, 0.25) is 0 Å². The van der Waals surface area contributed by atoms with E-state index >= 15 is 0 Å². The van der Waals surface area contributed by atoms with E-state index < -0.39 is 0 Å². The third kappa shape index (κ3) is 112. The molecular formula is C81H168O3Ti. The molecule has 4 heteroatoms. The monoisotopic (exact) mass is 1240 g/mol. The van der Waals surface area contributed by atoms with Crippen LogP contribution in [0.3, 0.4) is 0 Å². The van der Waals surface area contributed by atoms with Crippen molar-refractivity contribution in [3.8, 4) is 0 Å². The van der Waals surface area contributed by atoms with Gasteiger partial charge in [-0.3, -0.25) is 0 Å². The molecule has 2 N–H and O–H groups in total. The molecule has 0 bridgehead atoms. The number of aliphatic hydroxyl groups is 2. The van der Waals surface area contributed by atoms with Gasteiger partial charge in [-0.25, -0.2) is 0 Å². The fourth-order valence-electron chi connectivity index (χ4n) is 11.8. The third-order valence-corrected chi connectivity index (χ3v) is 17.6. The molecule has 0 aromatic rings. The summed E-state index contributed by atoms with van der Waals surface area (Å²) in [6.07, 6.45) is 103. The molecule has 0 rings (SSSR count). The van der Waals surface area contributed by atoms with Gasteiger partial charge in [0.05, 0.1) is 6.10 Å². The van der Waals surface area contributed by atoms with Crippen LogP contribution in [0.5, 0.6) is 0 Å². The van der Waals surface area contributed by atoms with Gasteiger partial charge in [0.15, 0.2) is 0 Å². The fourth-order valence-corrected chi connectivity index (χ4v) is 11.8. The van der Waals surface area contributed by atoms with E-state index in [4.69, 9.17) is 8.43 Å². The molecule has 0 aliphatic rings. The number of hydrogen-bond donors (Lipinski definition) is 2. The van der Waals surface area contributed by atoms with Crippen LogP contribution in [0.25, 0.3) is 0 Å². The summed E-state index contributed by atoms with van der Waals surface area (Å²) in [6.45, 7) is 17.2. The van der Waals surface area contributed by atoms with Crippen molar-refractivity contribution in [2.45, 2.75) is 511 Å². The molecule has 1 unspecified atom stereocenters. The Morgan fingerprint density at radius 3 is 0.447 bits per heavy atom. The number of unbranched alkanes of at least 4 members (excludes halogenated alkanes) is 65. The second-order valence-corrected chi connectivity index (χ2v) is 27.2. The first-order chi connectivity index (χ1) is 41.9. The molecule has 0 aromatic carbocycles. The van der Waals surface area contributed by atoms with Crippen LogP contribution < -0.4 is 0 Å². The van der Waals surface area contributed by atoms with Gasteiger partial charge < -0.3 is 23.1 Å². The van der Waals surface area contributed by atoms with Crippen molar-refractivity contribution in [3.05, 3.63) is 12.8 Å². The first-order valence-electron chi connectivity index (χ1n) is 40.1. The van der Waals surface area contributed by atoms with Crippen molar-refractivity contribution in [1.82, 2.24) is 0 Å². The molecule has 0 fully saturated rings. The number of rotatable bonds is 69. The van der Waals surface area contributed by atoms with Gasteiger partial charge in [-0.05, 0) is 26.7 Å². The Bertz CT molecular complexity index is 906. The number of hydrogen-bond acceptors (Lipinski definition) is 3. The van der Waals surface area contributed by atoms with E-state index in [1.165, 1.54) is 430 Å². The van der Waals surface area contributed by atoms with Crippen molar-refractivity contribution in [1.29, 1.82) is 0 Å². The zero-order valence-corrected chi connectivity index (χ0v) is 62.5. The zero-order valence-electron chi connectivity index (χ0n) is 60.9. The summed E-state index contributed by atoms with van der Waals surface area (Å²) in [5, 5.41) is 18.2. The third-order valence-electron chi connectivity index (χ3n) is 17.6. The van der Waals surface area contributed by atoms with Gasteiger partial charge in [-0.1, -0.05) is 446 Å². The van der Waals surface area contributed by atoms with E-state index in [9.17, 15) is 5.11 Å². The number of aliphatic hydroxyl groups excluding tert-OH is 2. The standard InChI is InChI=1S/C26H54O.2C26H53.C3H8O.O.Ti/c1-3-5-7-9-11-13-15-17-19-21-23-25-26(27)24-22-20-18-16-14-12-10-8-6-4-2;2*1-3-5-7-9-11-13-15-17-19-21-23-25-26-24-22-20-18-16-14-12-10-8-6-4-2;1-3(2)4;;/h26-27H,3-25H2,1-2H3;2*25H,3-24,26H2,1-2H3;3-4H,1-2H3;;/q;2*-1;;;+2. The Morgan fingerprint density at radius 1 is 0.212 bits per heavy atom. The molecule has 3 nitrogen and oxygen atoms in total. The van der Waals surface area contributed by atoms with Crippen LogP contribution in [0.4, 0.5) is 0 Å². The Kier molecular flexibility index (Phi) is 109. The van der Waals surface area contributed by atoms with Gasteiger partial charge in [0.1, 0.15) is 0 Å². The van der Waals surface area contributed by atoms with E-state index in [1.807, 2.05) is 0 Å². The van der Waals surface area contributed by atoms with Crippen LogP contribution >= 0.6 is 0 Å². The molecule has 0 aliphatic heterocycles. The quantitative estimate of drug-likeness (QED) is 0.0362. The molecule has 0 heterocycles. The molecular weight excluding hydrogens is 1070 g/mol. The van der Waals surface area contributed by atoms with Gasteiger partial charge >= 0.3 is 23.7 Å². The van der Waals surface area contributed by atoms with E-state index in [0.717, 1.165) is 33.2 Å². The second-order valence-electron chi connectivity index (χ2n) is 27.2. The van der Waals surface area contributed by atoms with Gasteiger partial charge in [-0.15, -0.1) is 0 Å². The SMILES string of the molecule is CC(C)O.CCCCCCCCCCCCCC(O)CCCCCCCCCCCC.CCCCCCCCCCCC[CH-]CCCCCCCCCCCCC.CCCCCCCCCCCC[CH-]CCCCCCCCCCCCC.[O]=[Ti+2]. The molecule has 0 saturated heterocycles. The van der Waals surface area contributed by atoms with Crippen LogP contribution in [0.1, 0.15) is 498 Å². The van der Waals surface area contributed by atoms with Crippen LogP contribution in [-0.2, 0) is 23.7 Å². The average molecular weight is 1240 g/mol. The van der Waals surface area contributed by atoms with Gasteiger partial charge in [0, 0.05) is 6.10 Å². The molecule has 85 heavy (non-hydrogen) atoms. The van der Waals surface area contributed by atoms with E-state index in [1.54, 1.807) is 13.8 Å². The van der Waals surface area contributed by atoms with Gasteiger partial charge in [0.2, 0.25) is 0 Å². The Balaban J connectivity index is -0.000000359. The average Bonchev–Trinajstić information content (AvgIpc) is 3.50. The minimum atomic E-state index is -0.167. The molecule has 0 saturated carbocycles. The first kappa shape index (κ1) is 94.1. The Labute approximate surface area is 554 Å². The summed E-state index contributed by atoms with van der Waals surface area (Å²) in [7, 11) is 0. The Hall–Kier alpha value is 0.434. The van der Waals surface area contributed by atoms with Gasteiger partial charge in [-0.2, -0.15) is 25.7 Å². The Morgan fingerprint density at radius 2 is 0.318 bits per heavy atom. The molecule has 0 radical (unpaired) electrons. The maximum atomic E-state index is 10.1. The maximum absolute atomic E-state index is 10.1. The van der Waals surface area contributed by atoms with Crippen molar-refractivity contribution < 1.29 is 33.9 Å². The second kappa shape index (κ2) is 98.0. The van der Waals surface area contributed by atoms with Crippen molar-refractivity contribution in [2.24, 2.45) is 0 Å². The molecule has 514 valence electrons. The molecule has 1 atom stereocenters. The molecule has 0 aliphatic carbocycles. The van der Waals surface area contributed by atoms with E-state index in [0.29, 0.717) is 0 Å². The van der Waals surface area contributed by atoms with Crippen LogP contribution in [0.15, 0.2) is 0 Å². The van der Waals surface area contributed by atoms with E-state index in [-0.39, 0.29) is 12.2 Å². The summed E-state index contributed by atoms with van der Waals surface area (Å²) >= 11 is 0.750. The van der Waals surface area contributed by atoms with Crippen molar-refractivity contribution >= 4 is 0 Å². The van der Waals surface area contributed by atoms with Crippen molar-refractivity contribution in [3.63, 3.8) is 0 Å². The van der Waals surface area contributed by atoms with E-state index in [2.05, 4.69) is 54.4 Å². The van der Waals surface area contributed by atoms with Crippen LogP contribution in [0, 0.1) is 12.8 Å². The normalized spacial score (nSPS) is 11.4. The molecule has 0 amide bonds. The summed E-state index contributed by atoms with van der Waals surface area (Å²) in [4.78, 5) is 0.